The molecule has 0 amide bonds. The van der Waals surface area contributed by atoms with Crippen LogP contribution in [0.15, 0.2) is 33.9 Å². The van der Waals surface area contributed by atoms with E-state index in [9.17, 15) is 0 Å². The minimum Gasteiger partial charge on any atom is -0.494 e. The summed E-state index contributed by atoms with van der Waals surface area (Å²) >= 11 is 1.43. The van der Waals surface area contributed by atoms with E-state index in [1.165, 1.54) is 11.8 Å². The van der Waals surface area contributed by atoms with E-state index in [1.807, 2.05) is 24.3 Å². The Labute approximate surface area is 137 Å². The van der Waals surface area contributed by atoms with Crippen molar-refractivity contribution in [1.82, 2.24) is 30.3 Å². The summed E-state index contributed by atoms with van der Waals surface area (Å²) in [7, 11) is 1.61. The summed E-state index contributed by atoms with van der Waals surface area (Å²) in [6, 6.07) is 7.56. The number of thioether (sulfide) groups is 1. The maximum atomic E-state index is 5.35. The van der Waals surface area contributed by atoms with Gasteiger partial charge in [-0.05, 0) is 29.0 Å². The van der Waals surface area contributed by atoms with Crippen molar-refractivity contribution in [3.8, 4) is 11.4 Å². The molecular formula is C14H16N6O2S. The topological polar surface area (TPSA) is 91.8 Å². The van der Waals surface area contributed by atoms with Crippen LogP contribution in [0.25, 0.3) is 5.69 Å². The van der Waals surface area contributed by atoms with E-state index in [0.717, 1.165) is 24.4 Å². The number of benzene rings is 1. The van der Waals surface area contributed by atoms with Crippen molar-refractivity contribution in [2.45, 2.75) is 30.7 Å². The van der Waals surface area contributed by atoms with Crippen molar-refractivity contribution < 1.29 is 9.26 Å². The van der Waals surface area contributed by atoms with Gasteiger partial charge in [0.25, 0.3) is 0 Å². The number of tetrazole rings is 1. The second-order valence-electron chi connectivity index (χ2n) is 4.69. The van der Waals surface area contributed by atoms with E-state index in [0.29, 0.717) is 22.5 Å². The van der Waals surface area contributed by atoms with Gasteiger partial charge in [-0.25, -0.2) is 0 Å². The summed E-state index contributed by atoms with van der Waals surface area (Å²) in [6.45, 7) is 2.08. The number of methoxy groups -OCH3 is 1. The highest BCUT2D eigenvalue weighted by atomic mass is 32.2. The first-order valence-electron chi connectivity index (χ1n) is 7.18. The SMILES string of the molecule is CCCc1noc(CSc2nnnn2-c2ccccc2OC)n1. The molecule has 0 unspecified atom stereocenters. The van der Waals surface area contributed by atoms with Gasteiger partial charge in [-0.3, -0.25) is 0 Å². The van der Waals surface area contributed by atoms with Gasteiger partial charge in [-0.15, -0.1) is 5.10 Å². The summed E-state index contributed by atoms with van der Waals surface area (Å²) < 4.78 is 12.2. The average molecular weight is 332 g/mol. The largest absolute Gasteiger partial charge is 0.494 e. The van der Waals surface area contributed by atoms with Gasteiger partial charge in [0.05, 0.1) is 12.9 Å². The third-order valence-corrected chi connectivity index (χ3v) is 3.97. The second kappa shape index (κ2) is 7.23. The Hall–Kier alpha value is -2.42. The smallest absolute Gasteiger partial charge is 0.237 e. The zero-order valence-electron chi connectivity index (χ0n) is 12.8. The molecule has 120 valence electrons. The molecule has 0 N–H and O–H groups in total. The second-order valence-corrected chi connectivity index (χ2v) is 5.63. The molecule has 0 aliphatic carbocycles. The van der Waals surface area contributed by atoms with Crippen LogP contribution >= 0.6 is 11.8 Å². The molecule has 0 radical (unpaired) electrons. The number of aromatic nitrogens is 6. The first kappa shape index (κ1) is 15.5. The van der Waals surface area contributed by atoms with Crippen LogP contribution in [0, 0.1) is 0 Å². The molecule has 8 nitrogen and oxygen atoms in total. The summed E-state index contributed by atoms with van der Waals surface area (Å²) in [4.78, 5) is 4.33. The number of nitrogens with zero attached hydrogens (tertiary/aromatic N) is 6. The Morgan fingerprint density at radius 2 is 2.17 bits per heavy atom. The van der Waals surface area contributed by atoms with Gasteiger partial charge in [0.1, 0.15) is 11.4 Å². The van der Waals surface area contributed by atoms with E-state index < -0.39 is 0 Å². The van der Waals surface area contributed by atoms with Gasteiger partial charge < -0.3 is 9.26 Å². The summed E-state index contributed by atoms with van der Waals surface area (Å²) in [5.74, 6) is 2.50. The van der Waals surface area contributed by atoms with Crippen LogP contribution in [0.5, 0.6) is 5.75 Å². The molecule has 0 bridgehead atoms. The van der Waals surface area contributed by atoms with Gasteiger partial charge in [0.15, 0.2) is 5.82 Å². The van der Waals surface area contributed by atoms with E-state index in [-0.39, 0.29) is 0 Å². The van der Waals surface area contributed by atoms with E-state index in [4.69, 9.17) is 9.26 Å². The number of para-hydroxylation sites is 2. The standard InChI is InChI=1S/C14H16N6O2S/c1-3-6-12-15-13(22-17-12)9-23-14-16-18-19-20(14)10-7-4-5-8-11(10)21-2/h4-5,7-8H,3,6,9H2,1-2H3. The Balaban J connectivity index is 1.76. The third kappa shape index (κ3) is 3.50. The quantitative estimate of drug-likeness (QED) is 0.609. The molecule has 0 saturated heterocycles. The first-order chi connectivity index (χ1) is 11.3. The van der Waals surface area contributed by atoms with Crippen molar-refractivity contribution >= 4 is 11.8 Å². The van der Waals surface area contributed by atoms with Crippen LogP contribution in [-0.4, -0.2) is 37.5 Å². The van der Waals surface area contributed by atoms with Gasteiger partial charge in [0, 0.05) is 6.42 Å². The maximum Gasteiger partial charge on any atom is 0.237 e. The molecule has 2 heterocycles. The van der Waals surface area contributed by atoms with E-state index >= 15 is 0 Å². The number of aryl methyl sites for hydroxylation is 1. The molecule has 3 aromatic rings. The Morgan fingerprint density at radius 1 is 1.30 bits per heavy atom. The fraction of sp³-hybridized carbons (Fsp3) is 0.357. The Kier molecular flexibility index (Phi) is 4.86. The van der Waals surface area contributed by atoms with Crippen molar-refractivity contribution in [2.24, 2.45) is 0 Å². The highest BCUT2D eigenvalue weighted by Gasteiger charge is 2.14. The molecule has 0 atom stereocenters. The fourth-order valence-corrected chi connectivity index (χ4v) is 2.75. The normalized spacial score (nSPS) is 10.9. The van der Waals surface area contributed by atoms with Crippen LogP contribution in [0.4, 0.5) is 0 Å². The molecule has 2 aromatic heterocycles. The molecule has 0 spiro atoms. The van der Waals surface area contributed by atoms with Gasteiger partial charge in [-0.1, -0.05) is 36.0 Å². The summed E-state index contributed by atoms with van der Waals surface area (Å²) in [6.07, 6.45) is 1.80. The molecule has 23 heavy (non-hydrogen) atoms. The molecule has 0 saturated carbocycles. The highest BCUT2D eigenvalue weighted by molar-refractivity contribution is 7.98. The molecular weight excluding hydrogens is 316 g/mol. The molecule has 3 rings (SSSR count). The van der Waals surface area contributed by atoms with Crippen LogP contribution in [-0.2, 0) is 12.2 Å². The molecule has 1 aromatic carbocycles. The minimum atomic E-state index is 0.506. The molecule has 9 heteroatoms. The maximum absolute atomic E-state index is 5.35. The lowest BCUT2D eigenvalue weighted by Crippen LogP contribution is -2.01. The lowest BCUT2D eigenvalue weighted by atomic mass is 10.3. The zero-order chi connectivity index (χ0) is 16.1. The van der Waals surface area contributed by atoms with Gasteiger partial charge in [0.2, 0.25) is 11.0 Å². The number of hydrogen-bond donors (Lipinski definition) is 0. The van der Waals surface area contributed by atoms with Crippen molar-refractivity contribution in [2.75, 3.05) is 7.11 Å². The van der Waals surface area contributed by atoms with Gasteiger partial charge >= 0.3 is 0 Å². The van der Waals surface area contributed by atoms with Crippen LogP contribution in [0.1, 0.15) is 25.1 Å². The number of rotatable bonds is 7. The molecule has 0 fully saturated rings. The van der Waals surface area contributed by atoms with E-state index in [2.05, 4.69) is 32.6 Å². The number of hydrogen-bond acceptors (Lipinski definition) is 8. The predicted octanol–water partition coefficient (Wildman–Crippen LogP) is 2.30. The van der Waals surface area contributed by atoms with Gasteiger partial charge in [-0.2, -0.15) is 9.67 Å². The van der Waals surface area contributed by atoms with Crippen molar-refractivity contribution in [3.63, 3.8) is 0 Å². The zero-order valence-corrected chi connectivity index (χ0v) is 13.7. The van der Waals surface area contributed by atoms with Crippen molar-refractivity contribution in [1.29, 1.82) is 0 Å². The van der Waals surface area contributed by atoms with E-state index in [1.54, 1.807) is 11.8 Å². The molecule has 0 aliphatic heterocycles. The van der Waals surface area contributed by atoms with Crippen molar-refractivity contribution in [3.05, 3.63) is 36.0 Å². The third-order valence-electron chi connectivity index (χ3n) is 3.06. The molecule has 0 aliphatic rings. The highest BCUT2D eigenvalue weighted by Crippen LogP contribution is 2.26. The fourth-order valence-electron chi connectivity index (χ4n) is 2.03. The predicted molar refractivity (Wildman–Crippen MR) is 83.6 cm³/mol. The minimum absolute atomic E-state index is 0.506. The lowest BCUT2D eigenvalue weighted by Gasteiger charge is -2.08. The van der Waals surface area contributed by atoms with Crippen LogP contribution in [0.2, 0.25) is 0 Å². The van der Waals surface area contributed by atoms with Crippen LogP contribution in [0.3, 0.4) is 0 Å². The Morgan fingerprint density at radius 3 is 3.00 bits per heavy atom. The summed E-state index contributed by atoms with van der Waals surface area (Å²) in [5.41, 5.74) is 0.778. The summed E-state index contributed by atoms with van der Waals surface area (Å²) in [5, 5.41) is 16.4. The lowest BCUT2D eigenvalue weighted by molar-refractivity contribution is 0.384. The average Bonchev–Trinajstić information content (AvgIpc) is 3.22. The van der Waals surface area contributed by atoms with Crippen LogP contribution < -0.4 is 4.74 Å². The Bertz CT molecular complexity index is 772. The number of ether oxygens (including phenoxy) is 1. The first-order valence-corrected chi connectivity index (χ1v) is 8.16. The monoisotopic (exact) mass is 332 g/mol.